The highest BCUT2D eigenvalue weighted by Crippen LogP contribution is 2.39. The number of benzene rings is 2. The summed E-state index contributed by atoms with van der Waals surface area (Å²) in [4.78, 5) is 10.1. The molecule has 0 radical (unpaired) electrons. The fraction of sp³-hybridized carbons (Fsp3) is 0.176. The van der Waals surface area contributed by atoms with Crippen LogP contribution >= 0.6 is 27.5 Å². The maximum Gasteiger partial charge on any atom is 0.224 e. The van der Waals surface area contributed by atoms with E-state index in [0.29, 0.717) is 12.4 Å². The SMILES string of the molecule is Fc1cc(F)c2c(N3CCCc4c(Br)cccc43)nc(Cl)nc2c1. The molecule has 3 nitrogen and oxygen atoms in total. The normalized spacial score (nSPS) is 14.1. The van der Waals surface area contributed by atoms with Gasteiger partial charge in [0.1, 0.15) is 17.5 Å². The molecule has 0 spiro atoms. The molecule has 24 heavy (non-hydrogen) atoms. The van der Waals surface area contributed by atoms with E-state index in [-0.39, 0.29) is 16.2 Å². The highest BCUT2D eigenvalue weighted by atomic mass is 79.9. The van der Waals surface area contributed by atoms with Crippen molar-refractivity contribution in [2.45, 2.75) is 12.8 Å². The molecule has 0 unspecified atom stereocenters. The van der Waals surface area contributed by atoms with E-state index in [1.165, 1.54) is 6.07 Å². The average molecular weight is 411 g/mol. The predicted octanol–water partition coefficient (Wildman–Crippen LogP) is 5.41. The van der Waals surface area contributed by atoms with Gasteiger partial charge in [0.15, 0.2) is 0 Å². The minimum absolute atomic E-state index is 0.0374. The number of hydrogen-bond acceptors (Lipinski definition) is 3. The first kappa shape index (κ1) is 15.7. The summed E-state index contributed by atoms with van der Waals surface area (Å²) in [6.45, 7) is 0.669. The van der Waals surface area contributed by atoms with Crippen LogP contribution in [0.4, 0.5) is 20.3 Å². The molecule has 0 fully saturated rings. The van der Waals surface area contributed by atoms with Gasteiger partial charge in [0.25, 0.3) is 0 Å². The molecule has 2 heterocycles. The van der Waals surface area contributed by atoms with Crippen LogP contribution in [0.2, 0.25) is 5.28 Å². The van der Waals surface area contributed by atoms with Crippen molar-refractivity contribution in [3.8, 4) is 0 Å². The number of nitrogens with zero attached hydrogens (tertiary/aromatic N) is 3. The molecule has 1 aromatic heterocycles. The number of halogens is 4. The highest BCUT2D eigenvalue weighted by molar-refractivity contribution is 9.10. The van der Waals surface area contributed by atoms with E-state index in [2.05, 4.69) is 25.9 Å². The van der Waals surface area contributed by atoms with Crippen molar-refractivity contribution in [1.82, 2.24) is 9.97 Å². The third kappa shape index (κ3) is 2.54. The van der Waals surface area contributed by atoms with Crippen LogP contribution in [0, 0.1) is 11.6 Å². The minimum Gasteiger partial charge on any atom is -0.325 e. The second kappa shape index (κ2) is 5.93. The van der Waals surface area contributed by atoms with Crippen molar-refractivity contribution < 1.29 is 8.78 Å². The number of anilines is 2. The van der Waals surface area contributed by atoms with Gasteiger partial charge in [0.2, 0.25) is 5.28 Å². The zero-order chi connectivity index (χ0) is 16.8. The van der Waals surface area contributed by atoms with E-state index < -0.39 is 11.6 Å². The largest absolute Gasteiger partial charge is 0.325 e. The Balaban J connectivity index is 2.00. The number of aromatic nitrogens is 2. The molecule has 3 aromatic rings. The summed E-state index contributed by atoms with van der Waals surface area (Å²) in [6.07, 6.45) is 1.81. The molecule has 1 aliphatic heterocycles. The van der Waals surface area contributed by atoms with Crippen molar-refractivity contribution in [2.75, 3.05) is 11.4 Å². The second-order valence-electron chi connectivity index (χ2n) is 5.59. The predicted molar refractivity (Wildman–Crippen MR) is 93.9 cm³/mol. The van der Waals surface area contributed by atoms with Crippen molar-refractivity contribution in [3.63, 3.8) is 0 Å². The summed E-state index contributed by atoms with van der Waals surface area (Å²) >= 11 is 9.56. The summed E-state index contributed by atoms with van der Waals surface area (Å²) in [7, 11) is 0. The minimum atomic E-state index is -0.696. The van der Waals surface area contributed by atoms with Gasteiger partial charge in [-0.25, -0.2) is 13.8 Å². The summed E-state index contributed by atoms with van der Waals surface area (Å²) in [5, 5.41) is 0.137. The van der Waals surface area contributed by atoms with Gasteiger partial charge in [0.05, 0.1) is 10.9 Å². The Morgan fingerprint density at radius 2 is 2.00 bits per heavy atom. The highest BCUT2D eigenvalue weighted by Gasteiger charge is 2.25. The van der Waals surface area contributed by atoms with Gasteiger partial charge >= 0.3 is 0 Å². The maximum atomic E-state index is 14.5. The van der Waals surface area contributed by atoms with E-state index in [4.69, 9.17) is 11.6 Å². The van der Waals surface area contributed by atoms with Crippen LogP contribution < -0.4 is 4.90 Å². The van der Waals surface area contributed by atoms with Crippen LogP contribution in [-0.2, 0) is 6.42 Å². The Morgan fingerprint density at radius 1 is 1.17 bits per heavy atom. The lowest BCUT2D eigenvalue weighted by atomic mass is 10.0. The van der Waals surface area contributed by atoms with Crippen molar-refractivity contribution in [3.05, 3.63) is 57.3 Å². The molecule has 0 saturated heterocycles. The number of fused-ring (bicyclic) bond motifs is 2. The smallest absolute Gasteiger partial charge is 0.224 e. The van der Waals surface area contributed by atoms with Gasteiger partial charge in [-0.2, -0.15) is 4.98 Å². The molecule has 0 amide bonds. The molecule has 4 rings (SSSR count). The molecule has 2 aromatic carbocycles. The number of rotatable bonds is 1. The lowest BCUT2D eigenvalue weighted by Crippen LogP contribution is -2.26. The Hall–Kier alpha value is -1.79. The average Bonchev–Trinajstić information content (AvgIpc) is 2.53. The molecular weight excluding hydrogens is 400 g/mol. The van der Waals surface area contributed by atoms with Crippen LogP contribution in [0.3, 0.4) is 0 Å². The Morgan fingerprint density at radius 3 is 2.83 bits per heavy atom. The molecular formula is C17H11BrClF2N3. The third-order valence-corrected chi connectivity index (χ3v) is 5.03. The van der Waals surface area contributed by atoms with Crippen LogP contribution in [0.15, 0.2) is 34.8 Å². The van der Waals surface area contributed by atoms with Gasteiger partial charge in [-0.3, -0.25) is 0 Å². The van der Waals surface area contributed by atoms with E-state index in [1.807, 2.05) is 23.1 Å². The number of hydrogen-bond donors (Lipinski definition) is 0. The zero-order valence-electron chi connectivity index (χ0n) is 12.4. The topological polar surface area (TPSA) is 29.0 Å². The van der Waals surface area contributed by atoms with Crippen LogP contribution in [0.1, 0.15) is 12.0 Å². The molecule has 0 saturated carbocycles. The van der Waals surface area contributed by atoms with E-state index in [1.54, 1.807) is 0 Å². The molecule has 0 N–H and O–H groups in total. The van der Waals surface area contributed by atoms with Gasteiger partial charge in [-0.05, 0) is 42.1 Å². The van der Waals surface area contributed by atoms with Crippen molar-refractivity contribution in [1.29, 1.82) is 0 Å². The Labute approximate surface area is 150 Å². The summed E-state index contributed by atoms with van der Waals surface area (Å²) in [6, 6.07) is 7.87. The van der Waals surface area contributed by atoms with E-state index in [9.17, 15) is 8.78 Å². The molecule has 0 atom stereocenters. The van der Waals surface area contributed by atoms with E-state index in [0.717, 1.165) is 34.6 Å². The lowest BCUT2D eigenvalue weighted by Gasteiger charge is -2.31. The first-order chi connectivity index (χ1) is 11.5. The fourth-order valence-corrected chi connectivity index (χ4v) is 3.86. The first-order valence-corrected chi connectivity index (χ1v) is 8.59. The third-order valence-electron chi connectivity index (χ3n) is 4.12. The standard InChI is InChI=1S/C17H11BrClF2N3/c18-11-4-1-5-14-10(11)3-2-6-24(14)16-15-12(21)7-9(20)8-13(15)22-17(19)23-16/h1,4-5,7-8H,2-3,6H2. The van der Waals surface area contributed by atoms with Gasteiger partial charge < -0.3 is 4.90 Å². The first-order valence-electron chi connectivity index (χ1n) is 7.42. The molecule has 122 valence electrons. The maximum absolute atomic E-state index is 14.5. The zero-order valence-corrected chi connectivity index (χ0v) is 14.7. The van der Waals surface area contributed by atoms with Gasteiger partial charge in [-0.15, -0.1) is 0 Å². The van der Waals surface area contributed by atoms with Gasteiger partial charge in [0, 0.05) is 28.8 Å². The quantitative estimate of drug-likeness (QED) is 0.502. The fourth-order valence-electron chi connectivity index (χ4n) is 3.13. The van der Waals surface area contributed by atoms with Crippen LogP contribution in [0.5, 0.6) is 0 Å². The summed E-state index contributed by atoms with van der Waals surface area (Å²) in [5.41, 5.74) is 2.23. The van der Waals surface area contributed by atoms with Crippen LogP contribution in [0.25, 0.3) is 10.9 Å². The van der Waals surface area contributed by atoms with Crippen molar-refractivity contribution in [2.24, 2.45) is 0 Å². The van der Waals surface area contributed by atoms with E-state index >= 15 is 0 Å². The summed E-state index contributed by atoms with van der Waals surface area (Å²) in [5.74, 6) is -1.03. The Kier molecular flexibility index (Phi) is 3.89. The summed E-state index contributed by atoms with van der Waals surface area (Å²) < 4.78 is 29.0. The van der Waals surface area contributed by atoms with Crippen LogP contribution in [-0.4, -0.2) is 16.5 Å². The Bertz CT molecular complexity index is 959. The molecule has 1 aliphatic rings. The van der Waals surface area contributed by atoms with Crippen molar-refractivity contribution >= 4 is 49.9 Å². The molecule has 0 aliphatic carbocycles. The lowest BCUT2D eigenvalue weighted by molar-refractivity contribution is 0.591. The monoisotopic (exact) mass is 409 g/mol. The molecule has 7 heteroatoms. The second-order valence-corrected chi connectivity index (χ2v) is 6.78. The molecule has 0 bridgehead atoms. The van der Waals surface area contributed by atoms with Gasteiger partial charge in [-0.1, -0.05) is 22.0 Å².